The Morgan fingerprint density at radius 2 is 1.82 bits per heavy atom. The van der Waals surface area contributed by atoms with Gasteiger partial charge < -0.3 is 9.73 Å². The molecule has 0 aliphatic carbocycles. The molecule has 0 spiro atoms. The van der Waals surface area contributed by atoms with E-state index in [1.165, 1.54) is 11.3 Å². The molecule has 0 aliphatic heterocycles. The number of carbonyl (C=O) groups excluding carboxylic acids is 2. The minimum absolute atomic E-state index is 0.174. The molecule has 142 valence electrons. The van der Waals surface area contributed by atoms with E-state index in [0.717, 1.165) is 21.2 Å². The van der Waals surface area contributed by atoms with E-state index in [-0.39, 0.29) is 11.7 Å². The van der Waals surface area contributed by atoms with Crippen molar-refractivity contribution in [2.45, 2.75) is 19.9 Å². The number of fused-ring (bicyclic) bond motifs is 2. The molecule has 2 amide bonds. The molecule has 0 saturated heterocycles. The number of furan rings is 1. The molecule has 0 aliphatic rings. The minimum atomic E-state index is -0.586. The number of thiazole rings is 1. The van der Waals surface area contributed by atoms with Gasteiger partial charge in [-0.05, 0) is 32.0 Å². The summed E-state index contributed by atoms with van der Waals surface area (Å²) >= 11 is 1.46. The van der Waals surface area contributed by atoms with E-state index in [1.54, 1.807) is 19.9 Å². The largest absolute Gasteiger partial charge is 0.451 e. The van der Waals surface area contributed by atoms with E-state index >= 15 is 0 Å². The van der Waals surface area contributed by atoms with Crippen molar-refractivity contribution in [3.63, 3.8) is 0 Å². The Morgan fingerprint density at radius 1 is 1.07 bits per heavy atom. The van der Waals surface area contributed by atoms with Crippen molar-refractivity contribution in [3.8, 4) is 0 Å². The van der Waals surface area contributed by atoms with Gasteiger partial charge in [-0.2, -0.15) is 0 Å². The number of carbonyl (C=O) groups is 2. The molecule has 4 aromatic rings. The number of aromatic nitrogens is 1. The standard InChI is InChI=1S/C20H18N4O3S/c1-11-13-7-3-5-9-15(13)27-17(11)19(26)24-23-18(25)12(2)21-20-22-14-8-4-6-10-16(14)28-20/h3-10,12H,1-2H3,(H,21,22)(H,23,25)(H,24,26)/t12-/m0/s1. The number of aryl methyl sites for hydroxylation is 1. The second-order valence-electron chi connectivity index (χ2n) is 6.35. The first-order valence-corrected chi connectivity index (χ1v) is 9.55. The molecular weight excluding hydrogens is 376 g/mol. The highest BCUT2D eigenvalue weighted by molar-refractivity contribution is 7.22. The van der Waals surface area contributed by atoms with Crippen molar-refractivity contribution in [1.82, 2.24) is 15.8 Å². The van der Waals surface area contributed by atoms with E-state index in [0.29, 0.717) is 10.7 Å². The molecule has 3 N–H and O–H groups in total. The topological polar surface area (TPSA) is 96.3 Å². The van der Waals surface area contributed by atoms with Crippen molar-refractivity contribution in [2.75, 3.05) is 5.32 Å². The number of nitrogens with one attached hydrogen (secondary N) is 3. The lowest BCUT2D eigenvalue weighted by atomic mass is 10.1. The zero-order valence-corrected chi connectivity index (χ0v) is 16.1. The maximum Gasteiger partial charge on any atom is 0.305 e. The number of rotatable bonds is 4. The number of hydrogen-bond acceptors (Lipinski definition) is 6. The zero-order valence-electron chi connectivity index (χ0n) is 15.3. The molecule has 0 bridgehead atoms. The molecule has 1 atom stereocenters. The highest BCUT2D eigenvalue weighted by atomic mass is 32.1. The van der Waals surface area contributed by atoms with E-state index in [4.69, 9.17) is 4.42 Å². The Labute approximate surface area is 164 Å². The Balaban J connectivity index is 1.38. The van der Waals surface area contributed by atoms with Gasteiger partial charge in [0.05, 0.1) is 10.2 Å². The van der Waals surface area contributed by atoms with E-state index in [1.807, 2.05) is 42.5 Å². The third-order valence-electron chi connectivity index (χ3n) is 4.38. The van der Waals surface area contributed by atoms with Gasteiger partial charge in [-0.3, -0.25) is 20.4 Å². The monoisotopic (exact) mass is 394 g/mol. The van der Waals surface area contributed by atoms with Crippen LogP contribution in [0.2, 0.25) is 0 Å². The lowest BCUT2D eigenvalue weighted by molar-refractivity contribution is -0.122. The first-order valence-electron chi connectivity index (χ1n) is 8.73. The molecule has 0 fully saturated rings. The van der Waals surface area contributed by atoms with Crippen molar-refractivity contribution in [3.05, 3.63) is 59.9 Å². The van der Waals surface area contributed by atoms with Crippen molar-refractivity contribution in [1.29, 1.82) is 0 Å². The lowest BCUT2D eigenvalue weighted by Gasteiger charge is -2.13. The third kappa shape index (κ3) is 3.41. The summed E-state index contributed by atoms with van der Waals surface area (Å²) < 4.78 is 6.63. The Hall–Kier alpha value is -3.39. The molecule has 2 heterocycles. The Bertz CT molecular complexity index is 1150. The van der Waals surface area contributed by atoms with E-state index in [9.17, 15) is 9.59 Å². The number of hydrogen-bond donors (Lipinski definition) is 3. The molecular formula is C20H18N4O3S. The summed E-state index contributed by atoms with van der Waals surface area (Å²) in [4.78, 5) is 29.1. The average molecular weight is 394 g/mol. The summed E-state index contributed by atoms with van der Waals surface area (Å²) in [7, 11) is 0. The molecule has 0 radical (unpaired) electrons. The molecule has 28 heavy (non-hydrogen) atoms. The lowest BCUT2D eigenvalue weighted by Crippen LogP contribution is -2.47. The van der Waals surface area contributed by atoms with Crippen LogP contribution in [0.15, 0.2) is 52.9 Å². The predicted molar refractivity (Wildman–Crippen MR) is 109 cm³/mol. The third-order valence-corrected chi connectivity index (χ3v) is 5.34. The molecule has 2 aromatic carbocycles. The van der Waals surface area contributed by atoms with Crippen LogP contribution in [0, 0.1) is 6.92 Å². The number of anilines is 1. The molecule has 8 heteroatoms. The SMILES string of the molecule is Cc1c(C(=O)NNC(=O)[C@H](C)Nc2nc3ccccc3s2)oc2ccccc12. The first-order chi connectivity index (χ1) is 13.5. The van der Waals surface area contributed by atoms with Crippen LogP contribution in [-0.2, 0) is 4.79 Å². The first kappa shape index (κ1) is 18.0. The quantitative estimate of drug-likeness (QED) is 0.460. The van der Waals surface area contributed by atoms with Crippen LogP contribution in [0.3, 0.4) is 0 Å². The fraction of sp³-hybridized carbons (Fsp3) is 0.150. The van der Waals surface area contributed by atoms with E-state index < -0.39 is 11.9 Å². The van der Waals surface area contributed by atoms with Gasteiger partial charge in [0, 0.05) is 10.9 Å². The van der Waals surface area contributed by atoms with Gasteiger partial charge in [0.1, 0.15) is 11.6 Å². The van der Waals surface area contributed by atoms with Crippen LogP contribution in [0.1, 0.15) is 23.0 Å². The van der Waals surface area contributed by atoms with Gasteiger partial charge in [0.2, 0.25) is 0 Å². The number of amides is 2. The zero-order chi connectivity index (χ0) is 19.7. The molecule has 0 saturated carbocycles. The minimum Gasteiger partial charge on any atom is -0.451 e. The summed E-state index contributed by atoms with van der Waals surface area (Å²) in [6.07, 6.45) is 0. The number of hydrazine groups is 1. The number of benzene rings is 2. The highest BCUT2D eigenvalue weighted by Crippen LogP contribution is 2.26. The van der Waals surface area contributed by atoms with Gasteiger partial charge in [-0.15, -0.1) is 0 Å². The van der Waals surface area contributed by atoms with Crippen LogP contribution in [0.5, 0.6) is 0 Å². The highest BCUT2D eigenvalue weighted by Gasteiger charge is 2.20. The van der Waals surface area contributed by atoms with Gasteiger partial charge in [-0.1, -0.05) is 41.7 Å². The fourth-order valence-corrected chi connectivity index (χ4v) is 3.81. The van der Waals surface area contributed by atoms with E-state index in [2.05, 4.69) is 21.2 Å². The normalized spacial score (nSPS) is 12.1. The maximum absolute atomic E-state index is 12.4. The average Bonchev–Trinajstić information content (AvgIpc) is 3.26. The van der Waals surface area contributed by atoms with Gasteiger partial charge in [-0.25, -0.2) is 4.98 Å². The number of para-hydroxylation sites is 2. The molecule has 7 nitrogen and oxygen atoms in total. The summed E-state index contributed by atoms with van der Waals surface area (Å²) in [6.45, 7) is 3.50. The Morgan fingerprint density at radius 3 is 2.61 bits per heavy atom. The predicted octanol–water partition coefficient (Wildman–Crippen LogP) is 3.61. The second kappa shape index (κ2) is 7.32. The van der Waals surface area contributed by atoms with Crippen LogP contribution in [0.25, 0.3) is 21.2 Å². The van der Waals surface area contributed by atoms with Crippen LogP contribution < -0.4 is 16.2 Å². The molecule has 2 aromatic heterocycles. The van der Waals surface area contributed by atoms with Crippen LogP contribution >= 0.6 is 11.3 Å². The van der Waals surface area contributed by atoms with Gasteiger partial charge in [0.25, 0.3) is 5.91 Å². The maximum atomic E-state index is 12.4. The molecule has 4 rings (SSSR count). The van der Waals surface area contributed by atoms with Crippen LogP contribution in [-0.4, -0.2) is 22.8 Å². The van der Waals surface area contributed by atoms with Crippen LogP contribution in [0.4, 0.5) is 5.13 Å². The van der Waals surface area contributed by atoms with Gasteiger partial charge in [0.15, 0.2) is 10.9 Å². The second-order valence-corrected chi connectivity index (χ2v) is 7.38. The van der Waals surface area contributed by atoms with Crippen molar-refractivity contribution in [2.24, 2.45) is 0 Å². The smallest absolute Gasteiger partial charge is 0.305 e. The summed E-state index contributed by atoms with van der Waals surface area (Å²) in [5.41, 5.74) is 7.05. The molecule has 0 unspecified atom stereocenters. The van der Waals surface area contributed by atoms with Crippen molar-refractivity contribution >= 4 is 49.5 Å². The van der Waals surface area contributed by atoms with Gasteiger partial charge >= 0.3 is 5.91 Å². The summed E-state index contributed by atoms with van der Waals surface area (Å²) in [5.74, 6) is -0.719. The summed E-state index contributed by atoms with van der Waals surface area (Å²) in [5, 5.41) is 4.56. The summed E-state index contributed by atoms with van der Waals surface area (Å²) in [6, 6.07) is 14.5. The fourth-order valence-electron chi connectivity index (χ4n) is 2.86. The number of nitrogens with zero attached hydrogens (tertiary/aromatic N) is 1. The Kier molecular flexibility index (Phi) is 4.70. The van der Waals surface area contributed by atoms with Crippen molar-refractivity contribution < 1.29 is 14.0 Å².